The van der Waals surface area contributed by atoms with Gasteiger partial charge in [0.25, 0.3) is 0 Å². The molecule has 0 fully saturated rings. The van der Waals surface area contributed by atoms with Gasteiger partial charge >= 0.3 is 7.25 Å². The summed E-state index contributed by atoms with van der Waals surface area (Å²) in [6, 6.07) is 32.3. The van der Waals surface area contributed by atoms with Crippen LogP contribution in [0.2, 0.25) is 0 Å². The Kier molecular flexibility index (Phi) is 14.6. The van der Waals surface area contributed by atoms with Crippen LogP contribution in [0.4, 0.5) is 17.3 Å². The maximum atomic E-state index is 9.75. The zero-order valence-electron chi connectivity index (χ0n) is 15.9. The van der Waals surface area contributed by atoms with E-state index in [0.29, 0.717) is 0 Å². The average molecular weight is 511 g/mol. The van der Waals surface area contributed by atoms with Gasteiger partial charge in [-0.2, -0.15) is 0 Å². The summed E-state index contributed by atoms with van der Waals surface area (Å²) < 4.78 is 39.0. The van der Waals surface area contributed by atoms with E-state index in [4.69, 9.17) is 0 Å². The molecule has 3 rings (SSSR count). The summed E-state index contributed by atoms with van der Waals surface area (Å²) in [5, 5.41) is 4.19. The Balaban J connectivity index is 0.000000668. The summed E-state index contributed by atoms with van der Waals surface area (Å²) in [7, 11) is -6.45. The Morgan fingerprint density at radius 3 is 1.03 bits per heavy atom. The summed E-state index contributed by atoms with van der Waals surface area (Å²) in [6.45, 7) is 5.36. The third-order valence-corrected chi connectivity index (χ3v) is 5.72. The normalized spacial score (nSPS) is 10.0. The zero-order valence-corrected chi connectivity index (χ0v) is 18.3. The van der Waals surface area contributed by atoms with Crippen molar-refractivity contribution in [3.63, 3.8) is 0 Å². The first-order valence-electron chi connectivity index (χ1n) is 8.59. The van der Waals surface area contributed by atoms with Crippen molar-refractivity contribution in [2.24, 2.45) is 0 Å². The monoisotopic (exact) mass is 510 g/mol. The van der Waals surface area contributed by atoms with Crippen LogP contribution < -0.4 is 15.9 Å². The van der Waals surface area contributed by atoms with Crippen molar-refractivity contribution in [2.45, 2.75) is 6.92 Å². The van der Waals surface area contributed by atoms with Gasteiger partial charge in [0.05, 0.1) is 0 Å². The topological polar surface area (TPSA) is 0 Å². The molecule has 3 aromatic carbocycles. The minimum absolute atomic E-state index is 0. The van der Waals surface area contributed by atoms with Gasteiger partial charge in [0, 0.05) is 20.4 Å². The van der Waals surface area contributed by atoms with E-state index in [1.165, 1.54) is 15.9 Å². The fourth-order valence-electron chi connectivity index (χ4n) is 2.18. The largest absolute Gasteiger partial charge is 0.673 e. The summed E-state index contributed by atoms with van der Waals surface area (Å²) in [5.74, 6) is 0. The van der Waals surface area contributed by atoms with Crippen molar-refractivity contribution in [2.75, 3.05) is 0 Å². The van der Waals surface area contributed by atoms with Crippen LogP contribution in [0.5, 0.6) is 0 Å². The molecule has 0 aliphatic heterocycles. The molecule has 0 aliphatic carbocycles. The predicted octanol–water partition coefficient (Wildman–Crippen LogP) is 5.99. The minimum atomic E-state index is -6.00. The molecule has 0 amide bonds. The molecule has 0 bridgehead atoms. The minimum Gasteiger partial charge on any atom is -0.418 e. The van der Waals surface area contributed by atoms with Crippen LogP contribution in [-0.2, 0) is 20.4 Å². The SMILES string of the molecule is F[B-](F)(F)F.[CH2][CH][CH]C.[Pd].c1ccc(P(c2ccccc2)c2ccccc2)cc1. The molecule has 7 heteroatoms. The molecule has 0 atom stereocenters. The molecule has 0 saturated carbocycles. The molecule has 0 N–H and O–H groups in total. The molecule has 3 aromatic rings. The molecule has 0 aliphatic rings. The van der Waals surface area contributed by atoms with E-state index in [1.807, 2.05) is 13.3 Å². The second-order valence-corrected chi connectivity index (χ2v) is 7.63. The van der Waals surface area contributed by atoms with Gasteiger partial charge in [0.2, 0.25) is 0 Å². The van der Waals surface area contributed by atoms with Crippen LogP contribution in [-0.4, -0.2) is 7.25 Å². The Labute approximate surface area is 186 Å². The van der Waals surface area contributed by atoms with Crippen molar-refractivity contribution in [1.29, 1.82) is 0 Å². The smallest absolute Gasteiger partial charge is 0.418 e. The van der Waals surface area contributed by atoms with Crippen LogP contribution in [0.1, 0.15) is 6.92 Å². The van der Waals surface area contributed by atoms with Gasteiger partial charge in [-0.1, -0.05) is 97.9 Å². The van der Waals surface area contributed by atoms with Gasteiger partial charge in [-0.15, -0.1) is 0 Å². The molecule has 3 radical (unpaired) electrons. The summed E-state index contributed by atoms with van der Waals surface area (Å²) in [5.41, 5.74) is 0. The fraction of sp³-hybridized carbons (Fsp3) is 0.0455. The van der Waals surface area contributed by atoms with Gasteiger partial charge in [0.1, 0.15) is 0 Å². The van der Waals surface area contributed by atoms with E-state index in [-0.39, 0.29) is 20.4 Å². The Morgan fingerprint density at radius 1 is 0.655 bits per heavy atom. The van der Waals surface area contributed by atoms with Gasteiger partial charge in [0.15, 0.2) is 0 Å². The molecule has 0 unspecified atom stereocenters. The Bertz CT molecular complexity index is 654. The number of hydrogen-bond acceptors (Lipinski definition) is 0. The second kappa shape index (κ2) is 15.4. The molecule has 0 heterocycles. The van der Waals surface area contributed by atoms with Crippen LogP contribution >= 0.6 is 7.92 Å². The number of unbranched alkanes of at least 4 members (excludes halogenated alkanes) is 1. The fourth-order valence-corrected chi connectivity index (χ4v) is 4.48. The standard InChI is InChI=1S/C18H15P.C4H7.BF4.Pd/c1-4-10-16(11-5-1)19(17-12-6-2-7-13-17)18-14-8-3-9-15-18;1-3-4-2;2-1(3,4)5;/h1-15H;3-4H,1H2,2H3;;/q;;-1;. The van der Waals surface area contributed by atoms with Crippen LogP contribution in [0.25, 0.3) is 0 Å². The van der Waals surface area contributed by atoms with Crippen molar-refractivity contribution in [3.05, 3.63) is 111 Å². The van der Waals surface area contributed by atoms with Gasteiger partial charge in [-0.25, -0.2) is 0 Å². The van der Waals surface area contributed by atoms with E-state index >= 15 is 0 Å². The molecule has 0 nitrogen and oxygen atoms in total. The predicted molar refractivity (Wildman–Crippen MR) is 115 cm³/mol. The van der Waals surface area contributed by atoms with E-state index in [1.54, 1.807) is 6.42 Å². The Hall–Kier alpha value is -1.46. The third-order valence-electron chi connectivity index (χ3n) is 3.28. The maximum Gasteiger partial charge on any atom is 0.673 e. The molecular weight excluding hydrogens is 488 g/mol. The number of benzene rings is 3. The maximum absolute atomic E-state index is 9.75. The quantitative estimate of drug-likeness (QED) is 0.230. The van der Waals surface area contributed by atoms with E-state index in [9.17, 15) is 17.3 Å². The van der Waals surface area contributed by atoms with Crippen LogP contribution in [0.15, 0.2) is 91.0 Å². The molecular formula is C22H22BF4PPd-. The van der Waals surface area contributed by atoms with Crippen LogP contribution in [0.3, 0.4) is 0 Å². The third kappa shape index (κ3) is 12.7. The molecule has 0 aromatic heterocycles. The van der Waals surface area contributed by atoms with E-state index < -0.39 is 15.2 Å². The van der Waals surface area contributed by atoms with Crippen molar-refractivity contribution < 1.29 is 37.7 Å². The average Bonchev–Trinajstić information content (AvgIpc) is 2.70. The van der Waals surface area contributed by atoms with Crippen LogP contribution in [0, 0.1) is 19.8 Å². The first kappa shape index (κ1) is 27.5. The van der Waals surface area contributed by atoms with Gasteiger partial charge in [-0.05, 0) is 43.6 Å². The number of halogens is 4. The number of rotatable bonds is 4. The molecule has 157 valence electrons. The summed E-state index contributed by atoms with van der Waals surface area (Å²) in [4.78, 5) is 0. The first-order valence-corrected chi connectivity index (χ1v) is 9.94. The van der Waals surface area contributed by atoms with Gasteiger partial charge < -0.3 is 17.3 Å². The van der Waals surface area contributed by atoms with Crippen molar-refractivity contribution >= 4 is 31.1 Å². The van der Waals surface area contributed by atoms with E-state index in [2.05, 4.69) is 97.9 Å². The van der Waals surface area contributed by atoms with Crippen molar-refractivity contribution in [1.82, 2.24) is 0 Å². The molecule has 0 spiro atoms. The summed E-state index contributed by atoms with van der Waals surface area (Å²) in [6.07, 6.45) is 3.64. The molecule has 0 saturated heterocycles. The summed E-state index contributed by atoms with van der Waals surface area (Å²) >= 11 is 0. The Morgan fingerprint density at radius 2 is 0.862 bits per heavy atom. The molecule has 29 heavy (non-hydrogen) atoms. The number of hydrogen-bond donors (Lipinski definition) is 0. The zero-order chi connectivity index (χ0) is 20.8. The van der Waals surface area contributed by atoms with Crippen molar-refractivity contribution in [3.8, 4) is 0 Å². The van der Waals surface area contributed by atoms with Gasteiger partial charge in [-0.3, -0.25) is 0 Å². The van der Waals surface area contributed by atoms with E-state index in [0.717, 1.165) is 0 Å². The first-order chi connectivity index (χ1) is 13.4. The second-order valence-electron chi connectivity index (χ2n) is 5.41.